The topological polar surface area (TPSA) is 37.8 Å². The lowest BCUT2D eigenvalue weighted by Crippen LogP contribution is -2.22. The van der Waals surface area contributed by atoms with Gasteiger partial charge in [-0.1, -0.05) is 11.3 Å². The Labute approximate surface area is 188 Å². The molecule has 0 aliphatic heterocycles. The Balaban J connectivity index is 1.21. The standard InChI is InChI=1S/C25H24F3N3S/c1-14(30-25-31-24-21(28)12-18(27)13-23(24)32-25)10-15-2-4-16(5-3-15)19-8-9-29-22-7-6-17(26)11-20(19)22/h6-9,11-16H,2-5,10H2,1H3,(H,30,31)/t14?,15-,16+. The van der Waals surface area contributed by atoms with Gasteiger partial charge < -0.3 is 5.32 Å². The number of hydrogen-bond donors (Lipinski definition) is 1. The molecule has 7 heteroatoms. The van der Waals surface area contributed by atoms with Crippen molar-refractivity contribution >= 4 is 37.6 Å². The van der Waals surface area contributed by atoms with Gasteiger partial charge in [-0.25, -0.2) is 18.2 Å². The molecule has 1 aliphatic rings. The monoisotopic (exact) mass is 455 g/mol. The summed E-state index contributed by atoms with van der Waals surface area (Å²) in [6.07, 6.45) is 7.16. The zero-order valence-corrected chi connectivity index (χ0v) is 18.6. The Morgan fingerprint density at radius 2 is 1.84 bits per heavy atom. The smallest absolute Gasteiger partial charge is 0.184 e. The highest BCUT2D eigenvalue weighted by atomic mass is 32.1. The molecule has 2 aromatic heterocycles. The molecular formula is C25H24F3N3S. The maximum Gasteiger partial charge on any atom is 0.184 e. The highest BCUT2D eigenvalue weighted by molar-refractivity contribution is 7.22. The lowest BCUT2D eigenvalue weighted by molar-refractivity contribution is 0.302. The van der Waals surface area contributed by atoms with E-state index in [-0.39, 0.29) is 17.4 Å². The number of benzene rings is 2. The summed E-state index contributed by atoms with van der Waals surface area (Å²) in [5, 5.41) is 4.91. The average Bonchev–Trinajstić information content (AvgIpc) is 3.16. The van der Waals surface area contributed by atoms with Crippen LogP contribution in [-0.2, 0) is 0 Å². The van der Waals surface area contributed by atoms with Crippen molar-refractivity contribution in [2.45, 2.75) is 51.0 Å². The van der Waals surface area contributed by atoms with Gasteiger partial charge in [0.25, 0.3) is 0 Å². The lowest BCUT2D eigenvalue weighted by Gasteiger charge is -2.31. The van der Waals surface area contributed by atoms with Crippen LogP contribution in [0.1, 0.15) is 50.5 Å². The van der Waals surface area contributed by atoms with E-state index in [2.05, 4.69) is 22.2 Å². The van der Waals surface area contributed by atoms with Gasteiger partial charge in [-0.05, 0) is 86.8 Å². The van der Waals surface area contributed by atoms with Crippen molar-refractivity contribution in [2.75, 3.05) is 5.32 Å². The number of aromatic nitrogens is 2. The second-order valence-corrected chi connectivity index (χ2v) is 9.84. The van der Waals surface area contributed by atoms with E-state index in [1.807, 2.05) is 12.3 Å². The molecule has 1 unspecified atom stereocenters. The second-order valence-electron chi connectivity index (χ2n) is 8.81. The molecule has 2 aromatic carbocycles. The van der Waals surface area contributed by atoms with Gasteiger partial charge in [0.05, 0.1) is 10.2 Å². The Kier molecular flexibility index (Phi) is 5.76. The first kappa shape index (κ1) is 21.2. The summed E-state index contributed by atoms with van der Waals surface area (Å²) in [7, 11) is 0. The summed E-state index contributed by atoms with van der Waals surface area (Å²) in [5.41, 5.74) is 2.26. The number of anilines is 1. The Morgan fingerprint density at radius 3 is 2.66 bits per heavy atom. The maximum atomic E-state index is 13.9. The number of thiazole rings is 1. The Morgan fingerprint density at radius 1 is 1.03 bits per heavy atom. The Hall–Kier alpha value is -2.67. The third-order valence-corrected chi connectivity index (χ3v) is 7.43. The number of rotatable bonds is 5. The molecule has 3 nitrogen and oxygen atoms in total. The maximum absolute atomic E-state index is 13.9. The van der Waals surface area contributed by atoms with Gasteiger partial charge in [0.15, 0.2) is 10.9 Å². The molecule has 0 bridgehead atoms. The van der Waals surface area contributed by atoms with Crippen molar-refractivity contribution in [3.8, 4) is 0 Å². The predicted octanol–water partition coefficient (Wildman–Crippen LogP) is 7.43. The fourth-order valence-corrected chi connectivity index (χ4v) is 6.01. The van der Waals surface area contributed by atoms with E-state index in [1.165, 1.54) is 29.0 Å². The molecule has 0 saturated heterocycles. The number of nitrogens with zero attached hydrogens (tertiary/aromatic N) is 2. The second kappa shape index (κ2) is 8.70. The average molecular weight is 456 g/mol. The van der Waals surface area contributed by atoms with Crippen LogP contribution in [0, 0.1) is 23.4 Å². The van der Waals surface area contributed by atoms with Crippen LogP contribution in [0.3, 0.4) is 0 Å². The minimum Gasteiger partial charge on any atom is -0.359 e. The minimum atomic E-state index is -0.626. The molecule has 0 spiro atoms. The van der Waals surface area contributed by atoms with E-state index in [0.717, 1.165) is 49.1 Å². The molecule has 1 saturated carbocycles. The van der Waals surface area contributed by atoms with Crippen molar-refractivity contribution in [1.29, 1.82) is 0 Å². The largest absolute Gasteiger partial charge is 0.359 e. The fraction of sp³-hybridized carbons (Fsp3) is 0.360. The van der Waals surface area contributed by atoms with Gasteiger partial charge in [-0.15, -0.1) is 0 Å². The molecule has 5 rings (SSSR count). The summed E-state index contributed by atoms with van der Waals surface area (Å²) < 4.78 is 41.7. The number of pyridine rings is 1. The summed E-state index contributed by atoms with van der Waals surface area (Å²) in [4.78, 5) is 8.68. The molecule has 1 N–H and O–H groups in total. The van der Waals surface area contributed by atoms with Gasteiger partial charge in [-0.2, -0.15) is 0 Å². The summed E-state index contributed by atoms with van der Waals surface area (Å²) in [6, 6.07) is 9.21. The van der Waals surface area contributed by atoms with E-state index in [4.69, 9.17) is 0 Å². The first-order chi connectivity index (χ1) is 15.5. The molecule has 2 heterocycles. The molecule has 4 aromatic rings. The van der Waals surface area contributed by atoms with Crippen LogP contribution in [0.15, 0.2) is 42.6 Å². The molecule has 0 amide bonds. The number of halogens is 3. The fourth-order valence-electron chi connectivity index (χ4n) is 4.99. The summed E-state index contributed by atoms with van der Waals surface area (Å²) in [6.45, 7) is 2.11. The van der Waals surface area contributed by atoms with Crippen LogP contribution >= 0.6 is 11.3 Å². The number of fused-ring (bicyclic) bond motifs is 2. The first-order valence-corrected chi connectivity index (χ1v) is 11.8. The van der Waals surface area contributed by atoms with Crippen LogP contribution in [0.2, 0.25) is 0 Å². The SMILES string of the molecule is CC(C[C@H]1CC[C@@H](c2ccnc3ccc(F)cc32)CC1)Nc1nc2c(F)cc(F)cc2s1. The van der Waals surface area contributed by atoms with Gasteiger partial charge in [0.2, 0.25) is 0 Å². The van der Waals surface area contributed by atoms with Crippen LogP contribution in [0.25, 0.3) is 21.1 Å². The van der Waals surface area contributed by atoms with E-state index in [1.54, 1.807) is 12.1 Å². The van der Waals surface area contributed by atoms with Crippen LogP contribution in [0.5, 0.6) is 0 Å². The van der Waals surface area contributed by atoms with E-state index in [9.17, 15) is 13.2 Å². The zero-order valence-electron chi connectivity index (χ0n) is 17.7. The molecule has 1 fully saturated rings. The van der Waals surface area contributed by atoms with Gasteiger partial charge in [0, 0.05) is 23.7 Å². The molecule has 1 aliphatic carbocycles. The van der Waals surface area contributed by atoms with Crippen molar-refractivity contribution in [3.05, 3.63) is 65.6 Å². The van der Waals surface area contributed by atoms with Crippen LogP contribution in [-0.4, -0.2) is 16.0 Å². The van der Waals surface area contributed by atoms with Crippen molar-refractivity contribution < 1.29 is 13.2 Å². The van der Waals surface area contributed by atoms with Crippen molar-refractivity contribution in [2.24, 2.45) is 5.92 Å². The first-order valence-electron chi connectivity index (χ1n) is 11.0. The van der Waals surface area contributed by atoms with E-state index in [0.29, 0.717) is 21.7 Å². The number of nitrogens with one attached hydrogen (secondary N) is 1. The third kappa shape index (κ3) is 4.31. The minimum absolute atomic E-state index is 0.181. The molecule has 1 atom stereocenters. The molecular weight excluding hydrogens is 431 g/mol. The van der Waals surface area contributed by atoms with Gasteiger partial charge >= 0.3 is 0 Å². The normalized spacial score (nSPS) is 20.0. The number of hydrogen-bond acceptors (Lipinski definition) is 4. The van der Waals surface area contributed by atoms with E-state index < -0.39 is 11.6 Å². The highest BCUT2D eigenvalue weighted by Crippen LogP contribution is 2.40. The predicted molar refractivity (Wildman–Crippen MR) is 124 cm³/mol. The quantitative estimate of drug-likeness (QED) is 0.340. The Bertz CT molecular complexity index is 1260. The molecule has 166 valence electrons. The molecule has 32 heavy (non-hydrogen) atoms. The van der Waals surface area contributed by atoms with Gasteiger partial charge in [0.1, 0.15) is 17.2 Å². The van der Waals surface area contributed by atoms with Crippen LogP contribution in [0.4, 0.5) is 18.3 Å². The van der Waals surface area contributed by atoms with Crippen molar-refractivity contribution in [1.82, 2.24) is 9.97 Å². The zero-order chi connectivity index (χ0) is 22.2. The third-order valence-electron chi connectivity index (χ3n) is 6.49. The summed E-state index contributed by atoms with van der Waals surface area (Å²) >= 11 is 1.28. The lowest BCUT2D eigenvalue weighted by atomic mass is 9.76. The van der Waals surface area contributed by atoms with Crippen LogP contribution < -0.4 is 5.32 Å². The van der Waals surface area contributed by atoms with Gasteiger partial charge in [-0.3, -0.25) is 4.98 Å². The summed E-state index contributed by atoms with van der Waals surface area (Å²) in [5.74, 6) is -0.428. The molecule has 0 radical (unpaired) electrons. The highest BCUT2D eigenvalue weighted by Gasteiger charge is 2.25. The van der Waals surface area contributed by atoms with Crippen molar-refractivity contribution in [3.63, 3.8) is 0 Å². The van der Waals surface area contributed by atoms with E-state index >= 15 is 0 Å².